The Balaban J connectivity index is 1.40. The van der Waals surface area contributed by atoms with Crippen LogP contribution in [-0.2, 0) is 11.4 Å². The van der Waals surface area contributed by atoms with Crippen LogP contribution in [0.2, 0.25) is 5.02 Å². The van der Waals surface area contributed by atoms with Crippen molar-refractivity contribution in [2.24, 2.45) is 0 Å². The number of aromatic nitrogens is 3. The van der Waals surface area contributed by atoms with Crippen molar-refractivity contribution in [1.29, 1.82) is 0 Å². The molecule has 5 N–H and O–H groups in total. The molecule has 1 fully saturated rings. The molecule has 1 amide bonds. The number of piperidine rings is 1. The number of halogens is 1. The summed E-state index contributed by atoms with van der Waals surface area (Å²) in [6.07, 6.45) is 3.30. The highest BCUT2D eigenvalue weighted by atomic mass is 35.5. The molecular weight excluding hydrogens is 448 g/mol. The average molecular weight is 475 g/mol. The van der Waals surface area contributed by atoms with Gasteiger partial charge in [-0.05, 0) is 44.0 Å². The molecule has 2 unspecified atom stereocenters. The molecule has 8 nitrogen and oxygen atoms in total. The monoisotopic (exact) mass is 474 g/mol. The zero-order chi connectivity index (χ0) is 22.5. The van der Waals surface area contributed by atoms with Gasteiger partial charge in [-0.2, -0.15) is 5.10 Å². The number of anilines is 1. The highest BCUT2D eigenvalue weighted by molar-refractivity contribution is 7.11. The standard InChI is InChI=1S/C22H27ClN6O2S/c1-13-18(12-30)32-22(26-13)21(16-4-2-3-9-24-16)25-11-20(31)27-19-10-17(28-29-19)14-5-7-15(23)8-6-14/h5-8,10,16,21,24-25,30H,2-4,9,11-12H2,1H3,(H2,27,28,29,31). The van der Waals surface area contributed by atoms with Gasteiger partial charge in [0.1, 0.15) is 5.01 Å². The zero-order valence-corrected chi connectivity index (χ0v) is 19.4. The van der Waals surface area contributed by atoms with E-state index in [9.17, 15) is 9.90 Å². The first-order chi connectivity index (χ1) is 15.5. The number of aliphatic hydroxyl groups is 1. The van der Waals surface area contributed by atoms with Crippen molar-refractivity contribution in [2.45, 2.75) is 44.9 Å². The summed E-state index contributed by atoms with van der Waals surface area (Å²) in [5.74, 6) is 0.275. The fourth-order valence-electron chi connectivity index (χ4n) is 3.85. The van der Waals surface area contributed by atoms with Gasteiger partial charge in [-0.15, -0.1) is 11.3 Å². The molecule has 170 valence electrons. The van der Waals surface area contributed by atoms with Gasteiger partial charge in [-0.25, -0.2) is 4.98 Å². The second-order valence-electron chi connectivity index (χ2n) is 7.86. The molecule has 0 saturated carbocycles. The minimum atomic E-state index is -0.185. The number of nitrogens with zero attached hydrogens (tertiary/aromatic N) is 2. The first-order valence-corrected chi connectivity index (χ1v) is 11.9. The lowest BCUT2D eigenvalue weighted by molar-refractivity contribution is -0.115. The van der Waals surface area contributed by atoms with E-state index in [2.05, 4.69) is 31.1 Å². The summed E-state index contributed by atoms with van der Waals surface area (Å²) in [7, 11) is 0. The highest BCUT2D eigenvalue weighted by Crippen LogP contribution is 2.29. The third-order valence-electron chi connectivity index (χ3n) is 5.55. The SMILES string of the molecule is Cc1nc(C(NCC(=O)Nc2cc(-c3ccc(Cl)cc3)[nH]n2)C2CCCCN2)sc1CO. The fourth-order valence-corrected chi connectivity index (χ4v) is 5.04. The second-order valence-corrected chi connectivity index (χ2v) is 9.41. The molecular formula is C22H27ClN6O2S. The molecule has 2 aromatic heterocycles. The molecule has 1 aliphatic heterocycles. The second kappa shape index (κ2) is 10.5. The number of H-pyrrole nitrogens is 1. The van der Waals surface area contributed by atoms with Gasteiger partial charge in [0, 0.05) is 17.1 Å². The number of thiazole rings is 1. The predicted molar refractivity (Wildman–Crippen MR) is 127 cm³/mol. The molecule has 3 aromatic rings. The molecule has 3 heterocycles. The minimum absolute atomic E-state index is 0.0239. The lowest BCUT2D eigenvalue weighted by Crippen LogP contribution is -2.46. The molecule has 0 aliphatic carbocycles. The van der Waals surface area contributed by atoms with Gasteiger partial charge in [-0.1, -0.05) is 30.2 Å². The third-order valence-corrected chi connectivity index (χ3v) is 7.03. The smallest absolute Gasteiger partial charge is 0.239 e. The third kappa shape index (κ3) is 5.54. The molecule has 2 atom stereocenters. The number of carbonyl (C=O) groups is 1. The summed E-state index contributed by atoms with van der Waals surface area (Å²) in [5, 5.41) is 28.0. The average Bonchev–Trinajstić information content (AvgIpc) is 3.41. The Morgan fingerprint density at radius 2 is 2.16 bits per heavy atom. The fraction of sp³-hybridized carbons (Fsp3) is 0.409. The van der Waals surface area contributed by atoms with Gasteiger partial charge in [0.2, 0.25) is 5.91 Å². The number of hydrogen-bond acceptors (Lipinski definition) is 7. The largest absolute Gasteiger partial charge is 0.391 e. The summed E-state index contributed by atoms with van der Waals surface area (Å²) in [6.45, 7) is 2.95. The highest BCUT2D eigenvalue weighted by Gasteiger charge is 2.28. The summed E-state index contributed by atoms with van der Waals surface area (Å²) in [4.78, 5) is 18.1. The van der Waals surface area contributed by atoms with Crippen molar-refractivity contribution in [3.05, 3.63) is 50.9 Å². The number of carbonyl (C=O) groups excluding carboxylic acids is 1. The number of nitrogens with one attached hydrogen (secondary N) is 4. The molecule has 0 bridgehead atoms. The number of aryl methyl sites for hydroxylation is 1. The van der Waals surface area contributed by atoms with Gasteiger partial charge >= 0.3 is 0 Å². The van der Waals surface area contributed by atoms with Crippen LogP contribution in [0.4, 0.5) is 5.82 Å². The Hall–Kier alpha value is -2.30. The van der Waals surface area contributed by atoms with Crippen molar-refractivity contribution in [1.82, 2.24) is 25.8 Å². The van der Waals surface area contributed by atoms with E-state index >= 15 is 0 Å². The van der Waals surface area contributed by atoms with Crippen LogP contribution in [0.15, 0.2) is 30.3 Å². The van der Waals surface area contributed by atoms with Crippen LogP contribution in [0, 0.1) is 6.92 Å². The summed E-state index contributed by atoms with van der Waals surface area (Å²) in [5.41, 5.74) is 2.57. The maximum atomic E-state index is 12.6. The van der Waals surface area contributed by atoms with Crippen molar-refractivity contribution < 1.29 is 9.90 Å². The van der Waals surface area contributed by atoms with E-state index in [1.165, 1.54) is 11.3 Å². The molecule has 10 heteroatoms. The summed E-state index contributed by atoms with van der Waals surface area (Å²) < 4.78 is 0. The number of aliphatic hydroxyl groups excluding tert-OH is 1. The number of benzene rings is 1. The molecule has 4 rings (SSSR count). The van der Waals surface area contributed by atoms with Gasteiger partial charge in [0.25, 0.3) is 0 Å². The van der Waals surface area contributed by atoms with Crippen LogP contribution >= 0.6 is 22.9 Å². The molecule has 1 aliphatic rings. The number of amides is 1. The van der Waals surface area contributed by atoms with E-state index in [0.717, 1.165) is 52.6 Å². The maximum absolute atomic E-state index is 12.6. The Kier molecular flexibility index (Phi) is 7.54. The van der Waals surface area contributed by atoms with Gasteiger partial charge in [0.15, 0.2) is 5.82 Å². The van der Waals surface area contributed by atoms with Crippen LogP contribution in [0.1, 0.15) is 40.9 Å². The number of rotatable bonds is 8. The summed E-state index contributed by atoms with van der Waals surface area (Å²) >= 11 is 7.44. The van der Waals surface area contributed by atoms with E-state index in [4.69, 9.17) is 11.6 Å². The van der Waals surface area contributed by atoms with Crippen LogP contribution in [0.5, 0.6) is 0 Å². The molecule has 32 heavy (non-hydrogen) atoms. The normalized spacial score (nSPS) is 17.3. The van der Waals surface area contributed by atoms with E-state index in [-0.39, 0.29) is 31.1 Å². The topological polar surface area (TPSA) is 115 Å². The molecule has 1 saturated heterocycles. The van der Waals surface area contributed by atoms with Crippen LogP contribution in [0.25, 0.3) is 11.3 Å². The van der Waals surface area contributed by atoms with Crippen LogP contribution < -0.4 is 16.0 Å². The van der Waals surface area contributed by atoms with Crippen molar-refractivity contribution in [3.63, 3.8) is 0 Å². The van der Waals surface area contributed by atoms with E-state index in [1.807, 2.05) is 31.2 Å². The Morgan fingerprint density at radius 3 is 2.84 bits per heavy atom. The maximum Gasteiger partial charge on any atom is 0.239 e. The molecule has 0 radical (unpaired) electrons. The van der Waals surface area contributed by atoms with Gasteiger partial charge in [-0.3, -0.25) is 15.2 Å². The Bertz CT molecular complexity index is 1050. The van der Waals surface area contributed by atoms with Crippen molar-refractivity contribution in [2.75, 3.05) is 18.4 Å². The lowest BCUT2D eigenvalue weighted by Gasteiger charge is -2.30. The first-order valence-electron chi connectivity index (χ1n) is 10.7. The zero-order valence-electron chi connectivity index (χ0n) is 17.8. The van der Waals surface area contributed by atoms with Crippen LogP contribution in [-0.4, -0.2) is 45.3 Å². The number of hydrogen-bond donors (Lipinski definition) is 5. The first kappa shape index (κ1) is 22.9. The molecule has 1 aromatic carbocycles. The van der Waals surface area contributed by atoms with E-state index in [1.54, 1.807) is 6.07 Å². The van der Waals surface area contributed by atoms with E-state index < -0.39 is 0 Å². The minimum Gasteiger partial charge on any atom is -0.391 e. The summed E-state index contributed by atoms with van der Waals surface area (Å²) in [6, 6.07) is 9.27. The number of aromatic amines is 1. The van der Waals surface area contributed by atoms with Gasteiger partial charge in [0.05, 0.1) is 35.5 Å². The van der Waals surface area contributed by atoms with Crippen molar-refractivity contribution in [3.8, 4) is 11.3 Å². The van der Waals surface area contributed by atoms with Crippen LogP contribution in [0.3, 0.4) is 0 Å². The Labute approximate surface area is 195 Å². The van der Waals surface area contributed by atoms with Gasteiger partial charge < -0.3 is 15.7 Å². The van der Waals surface area contributed by atoms with E-state index in [0.29, 0.717) is 10.8 Å². The lowest BCUT2D eigenvalue weighted by atomic mass is 9.98. The Morgan fingerprint density at radius 1 is 1.34 bits per heavy atom. The van der Waals surface area contributed by atoms with Crippen molar-refractivity contribution >= 4 is 34.7 Å². The quantitative estimate of drug-likeness (QED) is 0.342. The predicted octanol–water partition coefficient (Wildman–Crippen LogP) is 3.40. The molecule has 0 spiro atoms.